The molecule has 1 aromatic carbocycles. The summed E-state index contributed by atoms with van der Waals surface area (Å²) in [6.07, 6.45) is 5.26. The number of hydrogen-bond acceptors (Lipinski definition) is 3. The summed E-state index contributed by atoms with van der Waals surface area (Å²) in [5, 5.41) is 8.05. The second kappa shape index (κ2) is 4.17. The third-order valence-electron chi connectivity index (χ3n) is 2.51. The van der Waals surface area contributed by atoms with Crippen molar-refractivity contribution in [3.63, 3.8) is 0 Å². The molecular weight excluding hydrogens is 212 g/mol. The van der Waals surface area contributed by atoms with Gasteiger partial charge in [0, 0.05) is 11.8 Å². The predicted molar refractivity (Wildman–Crippen MR) is 64.6 cm³/mol. The molecular formula is C13H10N4. The molecule has 2 aromatic heterocycles. The molecule has 0 fully saturated rings. The smallest absolute Gasteiger partial charge is 0.0944 e. The van der Waals surface area contributed by atoms with Gasteiger partial charge in [-0.1, -0.05) is 35.5 Å². The molecule has 3 aromatic rings. The van der Waals surface area contributed by atoms with Gasteiger partial charge < -0.3 is 0 Å². The molecule has 0 unspecified atom stereocenters. The van der Waals surface area contributed by atoms with Crippen LogP contribution in [0.25, 0.3) is 16.9 Å². The first kappa shape index (κ1) is 9.72. The van der Waals surface area contributed by atoms with Crippen LogP contribution in [0.15, 0.2) is 61.1 Å². The molecule has 0 spiro atoms. The van der Waals surface area contributed by atoms with Crippen molar-refractivity contribution >= 4 is 0 Å². The fourth-order valence-corrected chi connectivity index (χ4v) is 1.71. The molecule has 17 heavy (non-hydrogen) atoms. The van der Waals surface area contributed by atoms with E-state index in [2.05, 4.69) is 15.3 Å². The van der Waals surface area contributed by atoms with Gasteiger partial charge in [-0.05, 0) is 12.1 Å². The maximum absolute atomic E-state index is 4.09. The van der Waals surface area contributed by atoms with Crippen LogP contribution in [0.3, 0.4) is 0 Å². The van der Waals surface area contributed by atoms with Gasteiger partial charge in [0.1, 0.15) is 0 Å². The third kappa shape index (κ3) is 1.80. The largest absolute Gasteiger partial charge is 0.262 e. The minimum Gasteiger partial charge on any atom is -0.262 e. The van der Waals surface area contributed by atoms with Crippen LogP contribution < -0.4 is 0 Å². The molecule has 4 heteroatoms. The molecule has 82 valence electrons. The fraction of sp³-hybridized carbons (Fsp3) is 0. The highest BCUT2D eigenvalue weighted by Crippen LogP contribution is 2.20. The molecule has 4 nitrogen and oxygen atoms in total. The first-order chi connectivity index (χ1) is 8.45. The molecule has 0 amide bonds. The van der Waals surface area contributed by atoms with Crippen LogP contribution in [0.1, 0.15) is 0 Å². The third-order valence-corrected chi connectivity index (χ3v) is 2.51. The van der Waals surface area contributed by atoms with Gasteiger partial charge in [0.15, 0.2) is 0 Å². The van der Waals surface area contributed by atoms with Crippen molar-refractivity contribution in [2.24, 2.45) is 0 Å². The maximum atomic E-state index is 4.09. The van der Waals surface area contributed by atoms with E-state index in [1.165, 1.54) is 0 Å². The maximum Gasteiger partial charge on any atom is 0.0944 e. The Balaban J connectivity index is 2.13. The Hall–Kier alpha value is -2.49. The van der Waals surface area contributed by atoms with Crippen molar-refractivity contribution in [3.05, 3.63) is 61.1 Å². The van der Waals surface area contributed by atoms with Crippen molar-refractivity contribution in [2.45, 2.75) is 0 Å². The Morgan fingerprint density at radius 1 is 0.882 bits per heavy atom. The lowest BCUT2D eigenvalue weighted by Gasteiger charge is -2.04. The summed E-state index contributed by atoms with van der Waals surface area (Å²) in [4.78, 5) is 4.09. The highest BCUT2D eigenvalue weighted by Gasteiger charge is 2.07. The summed E-state index contributed by atoms with van der Waals surface area (Å²) in [5.74, 6) is 0. The van der Waals surface area contributed by atoms with Gasteiger partial charge in [0.2, 0.25) is 0 Å². The Kier molecular flexibility index (Phi) is 2.38. The summed E-state index contributed by atoms with van der Waals surface area (Å²) in [6, 6.07) is 13.9. The van der Waals surface area contributed by atoms with Crippen molar-refractivity contribution in [1.82, 2.24) is 20.0 Å². The molecule has 3 rings (SSSR count). The van der Waals surface area contributed by atoms with Gasteiger partial charge in [0.25, 0.3) is 0 Å². The Bertz CT molecular complexity index is 548. The molecule has 0 N–H and O–H groups in total. The summed E-state index contributed by atoms with van der Waals surface area (Å²) in [6.45, 7) is 0. The van der Waals surface area contributed by atoms with Crippen molar-refractivity contribution < 1.29 is 0 Å². The molecule has 0 atom stereocenters. The Labute approximate surface area is 98.6 Å². The van der Waals surface area contributed by atoms with E-state index in [1.807, 2.05) is 42.5 Å². The summed E-state index contributed by atoms with van der Waals surface area (Å²) >= 11 is 0. The fourth-order valence-electron chi connectivity index (χ4n) is 1.71. The minimum absolute atomic E-state index is 0.906. The Morgan fingerprint density at radius 2 is 1.76 bits per heavy atom. The van der Waals surface area contributed by atoms with Crippen LogP contribution in [-0.2, 0) is 0 Å². The zero-order valence-electron chi connectivity index (χ0n) is 9.06. The summed E-state index contributed by atoms with van der Waals surface area (Å²) < 4.78 is 1.78. The number of hydrogen-bond donors (Lipinski definition) is 0. The molecule has 0 aliphatic carbocycles. The van der Waals surface area contributed by atoms with Crippen molar-refractivity contribution in [1.29, 1.82) is 0 Å². The van der Waals surface area contributed by atoms with E-state index in [1.54, 1.807) is 23.3 Å². The van der Waals surface area contributed by atoms with Crippen LogP contribution >= 0.6 is 0 Å². The summed E-state index contributed by atoms with van der Waals surface area (Å²) in [7, 11) is 0. The van der Waals surface area contributed by atoms with Gasteiger partial charge >= 0.3 is 0 Å². The standard InChI is InChI=1S/C13H10N4/c1-2-5-11(6-3-1)13-10-15-16-17(13)12-7-4-8-14-9-12/h1-10H. The lowest BCUT2D eigenvalue weighted by molar-refractivity contribution is 0.804. The topological polar surface area (TPSA) is 43.6 Å². The van der Waals surface area contributed by atoms with Crippen LogP contribution in [-0.4, -0.2) is 20.0 Å². The van der Waals surface area contributed by atoms with E-state index >= 15 is 0 Å². The van der Waals surface area contributed by atoms with Gasteiger partial charge in [-0.15, -0.1) is 5.10 Å². The van der Waals surface area contributed by atoms with E-state index in [4.69, 9.17) is 0 Å². The van der Waals surface area contributed by atoms with Crippen LogP contribution in [0.2, 0.25) is 0 Å². The molecule has 0 radical (unpaired) electrons. The Morgan fingerprint density at radius 3 is 2.53 bits per heavy atom. The van der Waals surface area contributed by atoms with E-state index < -0.39 is 0 Å². The lowest BCUT2D eigenvalue weighted by atomic mass is 10.2. The van der Waals surface area contributed by atoms with E-state index in [9.17, 15) is 0 Å². The first-order valence-electron chi connectivity index (χ1n) is 5.32. The summed E-state index contributed by atoms with van der Waals surface area (Å²) in [5.41, 5.74) is 2.95. The van der Waals surface area contributed by atoms with Gasteiger partial charge in [-0.3, -0.25) is 4.98 Å². The van der Waals surface area contributed by atoms with E-state index in [-0.39, 0.29) is 0 Å². The average Bonchev–Trinajstić information content (AvgIpc) is 2.90. The second-order valence-corrected chi connectivity index (χ2v) is 3.61. The molecule has 0 aliphatic rings. The molecule has 0 saturated carbocycles. The monoisotopic (exact) mass is 222 g/mol. The average molecular weight is 222 g/mol. The SMILES string of the molecule is c1ccc(-c2cnnn2-c2cccnc2)cc1. The lowest BCUT2D eigenvalue weighted by Crippen LogP contribution is -1.99. The van der Waals surface area contributed by atoms with E-state index in [0.29, 0.717) is 0 Å². The van der Waals surface area contributed by atoms with Crippen LogP contribution in [0.5, 0.6) is 0 Å². The van der Waals surface area contributed by atoms with E-state index in [0.717, 1.165) is 16.9 Å². The highest BCUT2D eigenvalue weighted by atomic mass is 15.4. The number of benzene rings is 1. The van der Waals surface area contributed by atoms with Gasteiger partial charge in [-0.2, -0.15) is 0 Å². The van der Waals surface area contributed by atoms with Gasteiger partial charge in [-0.25, -0.2) is 4.68 Å². The van der Waals surface area contributed by atoms with Crippen molar-refractivity contribution in [3.8, 4) is 16.9 Å². The quantitative estimate of drug-likeness (QED) is 0.668. The molecule has 2 heterocycles. The zero-order valence-corrected chi connectivity index (χ0v) is 9.06. The minimum atomic E-state index is 0.906. The molecule has 0 bridgehead atoms. The van der Waals surface area contributed by atoms with Crippen LogP contribution in [0.4, 0.5) is 0 Å². The number of nitrogens with zero attached hydrogens (tertiary/aromatic N) is 4. The number of pyridine rings is 1. The number of aromatic nitrogens is 4. The van der Waals surface area contributed by atoms with Crippen molar-refractivity contribution in [2.75, 3.05) is 0 Å². The first-order valence-corrected chi connectivity index (χ1v) is 5.32. The normalized spacial score (nSPS) is 10.4. The predicted octanol–water partition coefficient (Wildman–Crippen LogP) is 2.33. The molecule has 0 aliphatic heterocycles. The van der Waals surface area contributed by atoms with Gasteiger partial charge in [0.05, 0.1) is 23.8 Å². The second-order valence-electron chi connectivity index (χ2n) is 3.61. The van der Waals surface area contributed by atoms with Crippen LogP contribution in [0, 0.1) is 0 Å². The highest BCUT2D eigenvalue weighted by molar-refractivity contribution is 5.60. The molecule has 0 saturated heterocycles. The number of rotatable bonds is 2. The zero-order chi connectivity index (χ0) is 11.5.